The molecule has 1 atom stereocenters. The van der Waals surface area contributed by atoms with Gasteiger partial charge in [-0.25, -0.2) is 9.18 Å². The van der Waals surface area contributed by atoms with E-state index in [1.165, 1.54) is 36.6 Å². The molecular weight excluding hydrogens is 423 g/mol. The van der Waals surface area contributed by atoms with Gasteiger partial charge in [-0.1, -0.05) is 36.4 Å². The summed E-state index contributed by atoms with van der Waals surface area (Å²) in [6, 6.07) is 17.7. The molecule has 2 heterocycles. The number of nitrogens with one attached hydrogen (secondary N) is 1. The van der Waals surface area contributed by atoms with Gasteiger partial charge in [0.2, 0.25) is 5.43 Å². The SMILES string of the molecule is [NH3+][C@@H](Cc1c[nH]c2ccccc12)C(=O)Oc1ccc2c(=O)c(-c3ccccc3F)coc2c1. The minimum Gasteiger partial charge on any atom is -0.463 e. The Hall–Kier alpha value is -4.23. The highest BCUT2D eigenvalue weighted by atomic mass is 19.1. The number of aromatic nitrogens is 1. The highest BCUT2D eigenvalue weighted by molar-refractivity contribution is 5.86. The summed E-state index contributed by atoms with van der Waals surface area (Å²) >= 11 is 0. The zero-order chi connectivity index (χ0) is 22.9. The first-order chi connectivity index (χ1) is 16.0. The van der Waals surface area contributed by atoms with Crippen LogP contribution < -0.4 is 15.9 Å². The van der Waals surface area contributed by atoms with E-state index >= 15 is 0 Å². The smallest absolute Gasteiger partial charge is 0.370 e. The van der Waals surface area contributed by atoms with E-state index in [9.17, 15) is 14.0 Å². The highest BCUT2D eigenvalue weighted by Crippen LogP contribution is 2.25. The van der Waals surface area contributed by atoms with Crippen molar-refractivity contribution < 1.29 is 24.1 Å². The molecular formula is C26H20FN2O4+. The second-order valence-electron chi connectivity index (χ2n) is 7.80. The van der Waals surface area contributed by atoms with Crippen LogP contribution in [0.3, 0.4) is 0 Å². The number of H-pyrrole nitrogens is 1. The van der Waals surface area contributed by atoms with Gasteiger partial charge in [-0.05, 0) is 29.8 Å². The molecule has 164 valence electrons. The first kappa shape index (κ1) is 20.7. The van der Waals surface area contributed by atoms with E-state index in [1.807, 2.05) is 30.5 Å². The monoisotopic (exact) mass is 443 g/mol. The molecule has 0 spiro atoms. The number of aromatic amines is 1. The number of para-hydroxylation sites is 1. The van der Waals surface area contributed by atoms with Gasteiger partial charge in [0.05, 0.1) is 10.9 Å². The van der Waals surface area contributed by atoms with Gasteiger partial charge >= 0.3 is 5.97 Å². The fourth-order valence-corrected chi connectivity index (χ4v) is 3.89. The maximum Gasteiger partial charge on any atom is 0.370 e. The molecule has 0 bridgehead atoms. The van der Waals surface area contributed by atoms with Crippen LogP contribution in [-0.4, -0.2) is 17.0 Å². The summed E-state index contributed by atoms with van der Waals surface area (Å²) in [5, 5.41) is 1.30. The van der Waals surface area contributed by atoms with E-state index in [0.29, 0.717) is 6.42 Å². The summed E-state index contributed by atoms with van der Waals surface area (Å²) in [6.07, 6.45) is 3.50. The second kappa shape index (κ2) is 8.37. The number of halogens is 1. The molecule has 6 nitrogen and oxygen atoms in total. The third kappa shape index (κ3) is 3.90. The molecule has 5 aromatic rings. The van der Waals surface area contributed by atoms with Crippen molar-refractivity contribution >= 4 is 27.8 Å². The van der Waals surface area contributed by atoms with E-state index < -0.39 is 17.8 Å². The second-order valence-corrected chi connectivity index (χ2v) is 7.80. The lowest BCUT2D eigenvalue weighted by molar-refractivity contribution is -0.406. The third-order valence-electron chi connectivity index (χ3n) is 5.60. The summed E-state index contributed by atoms with van der Waals surface area (Å²) in [5.74, 6) is -0.766. The molecule has 0 aliphatic heterocycles. The molecule has 0 fully saturated rings. The predicted octanol–water partition coefficient (Wildman–Crippen LogP) is 3.84. The number of quaternary nitrogens is 1. The molecule has 0 saturated heterocycles. The standard InChI is InChI=1S/C26H19FN2O4/c27-21-7-3-1-6-18(21)20-14-32-24-12-16(9-10-19(24)25(20)30)33-26(31)22(28)11-15-13-29-23-8-4-2-5-17(15)23/h1-10,12-14,22,29H,11,28H2/p+1/t22-/m0/s1. The summed E-state index contributed by atoms with van der Waals surface area (Å²) in [5.41, 5.74) is 6.09. The molecule has 0 amide bonds. The van der Waals surface area contributed by atoms with E-state index in [1.54, 1.807) is 12.1 Å². The Morgan fingerprint density at radius 2 is 1.82 bits per heavy atom. The molecule has 0 saturated carbocycles. The Bertz CT molecular complexity index is 1550. The number of benzene rings is 3. The number of esters is 1. The van der Waals surface area contributed by atoms with Gasteiger partial charge in [-0.15, -0.1) is 0 Å². The van der Waals surface area contributed by atoms with Crippen LogP contribution in [0.2, 0.25) is 0 Å². The zero-order valence-corrected chi connectivity index (χ0v) is 17.5. The molecule has 2 aromatic heterocycles. The Morgan fingerprint density at radius 1 is 1.03 bits per heavy atom. The van der Waals surface area contributed by atoms with Gasteiger partial charge in [0, 0.05) is 35.2 Å². The van der Waals surface area contributed by atoms with Gasteiger partial charge in [0.15, 0.2) is 6.04 Å². The Morgan fingerprint density at radius 3 is 2.67 bits per heavy atom. The average Bonchev–Trinajstić information content (AvgIpc) is 3.23. The van der Waals surface area contributed by atoms with Crippen molar-refractivity contribution in [2.75, 3.05) is 0 Å². The lowest BCUT2D eigenvalue weighted by Crippen LogP contribution is -2.67. The minimum atomic E-state index is -0.629. The molecule has 4 N–H and O–H groups in total. The van der Waals surface area contributed by atoms with E-state index in [4.69, 9.17) is 9.15 Å². The lowest BCUT2D eigenvalue weighted by Gasteiger charge is -2.09. The number of hydrogen-bond acceptors (Lipinski definition) is 4. The number of fused-ring (bicyclic) bond motifs is 2. The van der Waals surface area contributed by atoms with Crippen molar-refractivity contribution in [1.29, 1.82) is 0 Å². The summed E-state index contributed by atoms with van der Waals surface area (Å²) < 4.78 is 25.2. The maximum absolute atomic E-state index is 14.1. The van der Waals surface area contributed by atoms with Crippen molar-refractivity contribution in [3.8, 4) is 16.9 Å². The van der Waals surface area contributed by atoms with Gasteiger partial charge in [0.25, 0.3) is 0 Å². The molecule has 5 rings (SSSR count). The van der Waals surface area contributed by atoms with Gasteiger partial charge in [-0.2, -0.15) is 0 Å². The number of rotatable bonds is 5. The van der Waals surface area contributed by atoms with Gasteiger partial charge in [0.1, 0.15) is 23.4 Å². The number of hydrogen-bond donors (Lipinski definition) is 2. The molecule has 33 heavy (non-hydrogen) atoms. The fraction of sp³-hybridized carbons (Fsp3) is 0.0769. The third-order valence-corrected chi connectivity index (χ3v) is 5.60. The van der Waals surface area contributed by atoms with Crippen molar-refractivity contribution in [2.45, 2.75) is 12.5 Å². The molecule has 0 aliphatic carbocycles. The first-order valence-electron chi connectivity index (χ1n) is 10.4. The van der Waals surface area contributed by atoms with Crippen molar-refractivity contribution in [3.63, 3.8) is 0 Å². The zero-order valence-electron chi connectivity index (χ0n) is 17.5. The van der Waals surface area contributed by atoms with Crippen LogP contribution in [0.15, 0.2) is 88.4 Å². The summed E-state index contributed by atoms with van der Waals surface area (Å²) in [7, 11) is 0. The highest BCUT2D eigenvalue weighted by Gasteiger charge is 2.22. The van der Waals surface area contributed by atoms with Crippen molar-refractivity contribution in [1.82, 2.24) is 4.98 Å². The minimum absolute atomic E-state index is 0.127. The first-order valence-corrected chi connectivity index (χ1v) is 10.4. The Labute approximate surface area is 187 Å². The van der Waals surface area contributed by atoms with Crippen LogP contribution in [-0.2, 0) is 11.2 Å². The average molecular weight is 443 g/mol. The van der Waals surface area contributed by atoms with Gasteiger partial charge < -0.3 is 19.9 Å². The maximum atomic E-state index is 14.1. The van der Waals surface area contributed by atoms with E-state index in [2.05, 4.69) is 10.7 Å². The number of carbonyl (C=O) groups is 1. The molecule has 7 heteroatoms. The van der Waals surface area contributed by atoms with E-state index in [0.717, 1.165) is 16.5 Å². The number of ether oxygens (including phenoxy) is 1. The van der Waals surface area contributed by atoms with Crippen LogP contribution in [0.25, 0.3) is 33.0 Å². The number of carbonyl (C=O) groups excluding carboxylic acids is 1. The van der Waals surface area contributed by atoms with Crippen LogP contribution in [0.5, 0.6) is 5.75 Å². The quantitative estimate of drug-likeness (QED) is 0.318. The van der Waals surface area contributed by atoms with Crippen LogP contribution >= 0.6 is 0 Å². The largest absolute Gasteiger partial charge is 0.463 e. The van der Waals surface area contributed by atoms with Crippen LogP contribution in [0, 0.1) is 5.82 Å². The van der Waals surface area contributed by atoms with Crippen molar-refractivity contribution in [2.24, 2.45) is 0 Å². The summed E-state index contributed by atoms with van der Waals surface area (Å²) in [6.45, 7) is 0. The molecule has 0 aliphatic rings. The van der Waals surface area contributed by atoms with Crippen LogP contribution in [0.4, 0.5) is 4.39 Å². The van der Waals surface area contributed by atoms with E-state index in [-0.39, 0.29) is 33.3 Å². The summed E-state index contributed by atoms with van der Waals surface area (Å²) in [4.78, 5) is 28.7. The molecule has 0 radical (unpaired) electrons. The Balaban J connectivity index is 1.37. The molecule has 0 unspecified atom stereocenters. The van der Waals surface area contributed by atoms with Gasteiger partial charge in [-0.3, -0.25) is 4.79 Å². The Kier molecular flexibility index (Phi) is 5.24. The molecule has 3 aromatic carbocycles. The predicted molar refractivity (Wildman–Crippen MR) is 122 cm³/mol. The fourth-order valence-electron chi connectivity index (χ4n) is 3.89. The van der Waals surface area contributed by atoms with Crippen LogP contribution in [0.1, 0.15) is 5.56 Å². The normalized spacial score (nSPS) is 12.2. The lowest BCUT2D eigenvalue weighted by atomic mass is 10.0. The topological polar surface area (TPSA) is 99.9 Å². The van der Waals surface area contributed by atoms with Crippen molar-refractivity contribution in [3.05, 3.63) is 101 Å².